The molecule has 6 heteroatoms. The minimum absolute atomic E-state index is 0.0623. The lowest BCUT2D eigenvalue weighted by molar-refractivity contribution is -0.191. The zero-order chi connectivity index (χ0) is 17.2. The zero-order valence-corrected chi connectivity index (χ0v) is 14.5. The highest BCUT2D eigenvalue weighted by atomic mass is 16.7. The molecule has 1 saturated heterocycles. The number of nitrogens with zero attached hydrogens (tertiary/aromatic N) is 1. The van der Waals surface area contributed by atoms with Crippen LogP contribution in [-0.4, -0.2) is 51.1 Å². The van der Waals surface area contributed by atoms with Gasteiger partial charge in [-0.05, 0) is 25.0 Å². The predicted octanol–water partition coefficient (Wildman–Crippen LogP) is 2.21. The summed E-state index contributed by atoms with van der Waals surface area (Å²) in [6.45, 7) is 1.61. The van der Waals surface area contributed by atoms with Gasteiger partial charge in [-0.1, -0.05) is 0 Å². The molecule has 0 radical (unpaired) electrons. The van der Waals surface area contributed by atoms with Gasteiger partial charge in [0.15, 0.2) is 5.79 Å². The summed E-state index contributed by atoms with van der Waals surface area (Å²) >= 11 is 0. The molecule has 2 fully saturated rings. The Hall–Kier alpha value is -1.79. The fraction of sp³-hybridized carbons (Fsp3) is 0.611. The largest absolute Gasteiger partial charge is 0.497 e. The summed E-state index contributed by atoms with van der Waals surface area (Å²) in [5.41, 5.74) is 0.939. The summed E-state index contributed by atoms with van der Waals surface area (Å²) in [6, 6.07) is 5.62. The van der Waals surface area contributed by atoms with Crippen LogP contribution in [0.4, 0.5) is 0 Å². The Morgan fingerprint density at radius 1 is 1.29 bits per heavy atom. The molecule has 1 heterocycles. The van der Waals surface area contributed by atoms with Crippen molar-refractivity contribution in [2.75, 3.05) is 34.5 Å². The lowest BCUT2D eigenvalue weighted by Crippen LogP contribution is -2.44. The van der Waals surface area contributed by atoms with Crippen LogP contribution in [0, 0.1) is 5.92 Å². The maximum Gasteiger partial charge on any atom is 0.231 e. The van der Waals surface area contributed by atoms with Crippen LogP contribution in [0.1, 0.15) is 24.8 Å². The van der Waals surface area contributed by atoms with Crippen LogP contribution < -0.4 is 9.47 Å². The van der Waals surface area contributed by atoms with Crippen LogP contribution >= 0.6 is 0 Å². The standard InChI is InChI=1S/C18H25NO5/c1-19(12-13-6-7-14(21-2)11-16(13)22-3)17(20)15-5-4-8-18(15)23-9-10-24-18/h6-7,11,15H,4-5,8-10,12H2,1-3H3/t15-/m1/s1. The third-order valence-corrected chi connectivity index (χ3v) is 4.90. The van der Waals surface area contributed by atoms with Crippen LogP contribution in [0.15, 0.2) is 18.2 Å². The van der Waals surface area contributed by atoms with Gasteiger partial charge in [0.1, 0.15) is 11.5 Å². The number of amides is 1. The molecule has 1 aromatic carbocycles. The van der Waals surface area contributed by atoms with E-state index in [1.165, 1.54) is 0 Å². The number of benzene rings is 1. The molecule has 132 valence electrons. The monoisotopic (exact) mass is 335 g/mol. The van der Waals surface area contributed by atoms with Crippen molar-refractivity contribution in [1.82, 2.24) is 4.90 Å². The molecule has 24 heavy (non-hydrogen) atoms. The molecular formula is C18H25NO5. The van der Waals surface area contributed by atoms with Crippen molar-refractivity contribution in [2.45, 2.75) is 31.6 Å². The topological polar surface area (TPSA) is 57.2 Å². The minimum Gasteiger partial charge on any atom is -0.497 e. The van der Waals surface area contributed by atoms with Gasteiger partial charge >= 0.3 is 0 Å². The molecule has 3 rings (SSSR count). The lowest BCUT2D eigenvalue weighted by atomic mass is 10.00. The maximum absolute atomic E-state index is 12.9. The molecule has 1 atom stereocenters. The maximum atomic E-state index is 12.9. The lowest BCUT2D eigenvalue weighted by Gasteiger charge is -2.31. The van der Waals surface area contributed by atoms with E-state index in [9.17, 15) is 4.79 Å². The van der Waals surface area contributed by atoms with Crippen molar-refractivity contribution in [2.24, 2.45) is 5.92 Å². The average Bonchev–Trinajstić information content (AvgIpc) is 3.24. The Labute approximate surface area is 142 Å². The summed E-state index contributed by atoms with van der Waals surface area (Å²) in [4.78, 5) is 14.7. The molecule has 6 nitrogen and oxygen atoms in total. The molecule has 0 aromatic heterocycles. The third-order valence-electron chi connectivity index (χ3n) is 4.90. The first-order chi connectivity index (χ1) is 11.6. The molecular weight excluding hydrogens is 310 g/mol. The number of ether oxygens (including phenoxy) is 4. The SMILES string of the molecule is COc1ccc(CN(C)C(=O)[C@H]2CCCC23OCCO3)c(OC)c1. The van der Waals surface area contributed by atoms with Crippen LogP contribution in [0.25, 0.3) is 0 Å². The van der Waals surface area contributed by atoms with E-state index in [-0.39, 0.29) is 11.8 Å². The van der Waals surface area contributed by atoms with Crippen molar-refractivity contribution >= 4 is 5.91 Å². The first-order valence-corrected chi connectivity index (χ1v) is 8.33. The Bertz CT molecular complexity index is 592. The van der Waals surface area contributed by atoms with Crippen molar-refractivity contribution in [3.63, 3.8) is 0 Å². The van der Waals surface area contributed by atoms with E-state index in [4.69, 9.17) is 18.9 Å². The fourth-order valence-electron chi connectivity index (χ4n) is 3.66. The molecule has 1 amide bonds. The van der Waals surface area contributed by atoms with Gasteiger partial charge in [0, 0.05) is 31.6 Å². The van der Waals surface area contributed by atoms with Crippen LogP contribution in [0.5, 0.6) is 11.5 Å². The number of rotatable bonds is 5. The van der Waals surface area contributed by atoms with E-state index < -0.39 is 5.79 Å². The van der Waals surface area contributed by atoms with Crippen LogP contribution in [-0.2, 0) is 20.8 Å². The number of hydrogen-bond acceptors (Lipinski definition) is 5. The molecule has 0 N–H and O–H groups in total. The fourth-order valence-corrected chi connectivity index (χ4v) is 3.66. The van der Waals surface area contributed by atoms with Crippen LogP contribution in [0.3, 0.4) is 0 Å². The molecule has 1 aliphatic heterocycles. The molecule has 1 spiro atoms. The summed E-state index contributed by atoms with van der Waals surface area (Å²) in [7, 11) is 5.05. The Balaban J connectivity index is 1.72. The van der Waals surface area contributed by atoms with Crippen LogP contribution in [0.2, 0.25) is 0 Å². The predicted molar refractivity (Wildman–Crippen MR) is 88.0 cm³/mol. The molecule has 0 unspecified atom stereocenters. The van der Waals surface area contributed by atoms with Gasteiger partial charge in [-0.2, -0.15) is 0 Å². The Morgan fingerprint density at radius 2 is 2.04 bits per heavy atom. The van der Waals surface area contributed by atoms with Crippen molar-refractivity contribution in [3.8, 4) is 11.5 Å². The van der Waals surface area contributed by atoms with Crippen molar-refractivity contribution in [3.05, 3.63) is 23.8 Å². The molecule has 2 aliphatic rings. The summed E-state index contributed by atoms with van der Waals surface area (Å²) < 4.78 is 22.2. The number of carbonyl (C=O) groups is 1. The van der Waals surface area contributed by atoms with Gasteiger partial charge in [0.25, 0.3) is 0 Å². The van der Waals surface area contributed by atoms with E-state index in [2.05, 4.69) is 0 Å². The first-order valence-electron chi connectivity index (χ1n) is 8.33. The third kappa shape index (κ3) is 3.08. The summed E-state index contributed by atoms with van der Waals surface area (Å²) in [5, 5.41) is 0. The van der Waals surface area contributed by atoms with Crippen molar-refractivity contribution in [1.29, 1.82) is 0 Å². The highest BCUT2D eigenvalue weighted by molar-refractivity contribution is 5.80. The molecule has 0 bridgehead atoms. The highest BCUT2D eigenvalue weighted by Crippen LogP contribution is 2.43. The molecule has 1 aliphatic carbocycles. The minimum atomic E-state index is -0.699. The van der Waals surface area contributed by atoms with E-state index in [0.29, 0.717) is 25.5 Å². The molecule has 1 aromatic rings. The van der Waals surface area contributed by atoms with E-state index in [1.54, 1.807) is 19.1 Å². The average molecular weight is 335 g/mol. The van der Waals surface area contributed by atoms with Gasteiger partial charge in [-0.25, -0.2) is 0 Å². The van der Waals surface area contributed by atoms with E-state index in [0.717, 1.165) is 30.6 Å². The van der Waals surface area contributed by atoms with E-state index in [1.807, 2.05) is 25.2 Å². The number of carbonyl (C=O) groups excluding carboxylic acids is 1. The number of hydrogen-bond donors (Lipinski definition) is 0. The van der Waals surface area contributed by atoms with Gasteiger partial charge in [0.2, 0.25) is 5.91 Å². The Kier molecular flexibility index (Phi) is 4.96. The Morgan fingerprint density at radius 3 is 2.71 bits per heavy atom. The normalized spacial score (nSPS) is 21.9. The van der Waals surface area contributed by atoms with Gasteiger partial charge < -0.3 is 23.8 Å². The summed E-state index contributed by atoms with van der Waals surface area (Å²) in [6.07, 6.45) is 2.56. The van der Waals surface area contributed by atoms with Gasteiger partial charge in [0.05, 0.1) is 33.4 Å². The zero-order valence-electron chi connectivity index (χ0n) is 14.5. The molecule has 1 saturated carbocycles. The van der Waals surface area contributed by atoms with E-state index >= 15 is 0 Å². The highest BCUT2D eigenvalue weighted by Gasteiger charge is 2.52. The van der Waals surface area contributed by atoms with Gasteiger partial charge in [-0.3, -0.25) is 4.79 Å². The quantitative estimate of drug-likeness (QED) is 0.826. The number of methoxy groups -OCH3 is 2. The first kappa shape index (κ1) is 17.0. The van der Waals surface area contributed by atoms with Crippen molar-refractivity contribution < 1.29 is 23.7 Å². The second-order valence-electron chi connectivity index (χ2n) is 6.33. The second-order valence-corrected chi connectivity index (χ2v) is 6.33. The summed E-state index contributed by atoms with van der Waals surface area (Å²) in [5.74, 6) is 0.576. The second kappa shape index (κ2) is 6.99. The smallest absolute Gasteiger partial charge is 0.231 e. The van der Waals surface area contributed by atoms with Gasteiger partial charge in [-0.15, -0.1) is 0 Å².